The molecule has 0 aromatic heterocycles. The Balaban J connectivity index is 1.94. The third-order valence-corrected chi connectivity index (χ3v) is 4.34. The van der Waals surface area contributed by atoms with Gasteiger partial charge in [0.1, 0.15) is 11.4 Å². The van der Waals surface area contributed by atoms with Crippen molar-refractivity contribution in [2.45, 2.75) is 20.0 Å². The van der Waals surface area contributed by atoms with E-state index >= 15 is 0 Å². The van der Waals surface area contributed by atoms with E-state index < -0.39 is 0 Å². The highest BCUT2D eigenvalue weighted by Crippen LogP contribution is 2.31. The predicted molar refractivity (Wildman–Crippen MR) is 108 cm³/mol. The van der Waals surface area contributed by atoms with E-state index in [4.69, 9.17) is 9.47 Å². The third-order valence-electron chi connectivity index (χ3n) is 4.34. The second-order valence-electron chi connectivity index (χ2n) is 6.65. The lowest BCUT2D eigenvalue weighted by Crippen LogP contribution is -2.35. The molecule has 6 nitrogen and oxygen atoms in total. The fourth-order valence-electron chi connectivity index (χ4n) is 2.99. The molecular formula is C22H24N2O4. The van der Waals surface area contributed by atoms with Crippen LogP contribution in [-0.4, -0.2) is 43.1 Å². The molecule has 1 N–H and O–H groups in total. The second kappa shape index (κ2) is 8.71. The summed E-state index contributed by atoms with van der Waals surface area (Å²) in [4.78, 5) is 27.3. The lowest BCUT2D eigenvalue weighted by molar-refractivity contribution is -0.137. The van der Waals surface area contributed by atoms with Gasteiger partial charge in [0.2, 0.25) is 0 Å². The Kier molecular flexibility index (Phi) is 6.11. The SMILES string of the molecule is COc1cccc(NC2=C(c3ccccc3)C(=O)N(CCOC(C)C)C2=O)c1. The van der Waals surface area contributed by atoms with Crippen molar-refractivity contribution in [2.75, 3.05) is 25.6 Å². The molecule has 0 atom stereocenters. The van der Waals surface area contributed by atoms with Gasteiger partial charge in [0.05, 0.1) is 31.9 Å². The molecule has 0 bridgehead atoms. The van der Waals surface area contributed by atoms with Crippen LogP contribution in [0.15, 0.2) is 60.3 Å². The van der Waals surface area contributed by atoms with Crippen LogP contribution in [0.1, 0.15) is 19.4 Å². The number of rotatable bonds is 8. The molecule has 146 valence electrons. The van der Waals surface area contributed by atoms with Crippen molar-refractivity contribution in [3.8, 4) is 5.75 Å². The zero-order valence-electron chi connectivity index (χ0n) is 16.3. The summed E-state index contributed by atoms with van der Waals surface area (Å²) in [7, 11) is 1.58. The Morgan fingerprint density at radius 3 is 2.43 bits per heavy atom. The lowest BCUT2D eigenvalue weighted by Gasteiger charge is -2.16. The molecule has 0 saturated heterocycles. The Bertz CT molecular complexity index is 890. The monoisotopic (exact) mass is 380 g/mol. The van der Waals surface area contributed by atoms with E-state index in [1.54, 1.807) is 13.2 Å². The number of anilines is 1. The number of nitrogens with one attached hydrogen (secondary N) is 1. The number of nitrogens with zero attached hydrogens (tertiary/aromatic N) is 1. The fraction of sp³-hybridized carbons (Fsp3) is 0.273. The highest BCUT2D eigenvalue weighted by atomic mass is 16.5. The average Bonchev–Trinajstić information content (AvgIpc) is 2.93. The Morgan fingerprint density at radius 2 is 1.75 bits per heavy atom. The average molecular weight is 380 g/mol. The number of carbonyl (C=O) groups excluding carboxylic acids is 2. The van der Waals surface area contributed by atoms with Crippen LogP contribution in [0.5, 0.6) is 5.75 Å². The van der Waals surface area contributed by atoms with Crippen LogP contribution in [0.3, 0.4) is 0 Å². The van der Waals surface area contributed by atoms with Gasteiger partial charge in [0.25, 0.3) is 11.8 Å². The number of hydrogen-bond donors (Lipinski definition) is 1. The van der Waals surface area contributed by atoms with Gasteiger partial charge in [-0.1, -0.05) is 36.4 Å². The Labute approximate surface area is 164 Å². The van der Waals surface area contributed by atoms with E-state index in [9.17, 15) is 9.59 Å². The van der Waals surface area contributed by atoms with Crippen LogP contribution in [0.4, 0.5) is 5.69 Å². The number of methoxy groups -OCH3 is 1. The maximum atomic E-state index is 13.0. The molecule has 1 aliphatic rings. The Morgan fingerprint density at radius 1 is 1.00 bits per heavy atom. The second-order valence-corrected chi connectivity index (χ2v) is 6.65. The summed E-state index contributed by atoms with van der Waals surface area (Å²) in [6, 6.07) is 16.4. The standard InChI is InChI=1S/C22H24N2O4/c1-15(2)28-13-12-24-21(25)19(16-8-5-4-6-9-16)20(22(24)26)23-17-10-7-11-18(14-17)27-3/h4-11,14-15,23H,12-13H2,1-3H3. The molecule has 0 radical (unpaired) electrons. The summed E-state index contributed by atoms with van der Waals surface area (Å²) >= 11 is 0. The van der Waals surface area contributed by atoms with Crippen LogP contribution in [0.2, 0.25) is 0 Å². The van der Waals surface area contributed by atoms with Crippen molar-refractivity contribution >= 4 is 23.1 Å². The predicted octanol–water partition coefficient (Wildman–Crippen LogP) is 3.31. The van der Waals surface area contributed by atoms with Gasteiger partial charge in [-0.2, -0.15) is 0 Å². The summed E-state index contributed by atoms with van der Waals surface area (Å²) in [5.74, 6) is -0.0289. The van der Waals surface area contributed by atoms with Gasteiger partial charge in [-0.25, -0.2) is 0 Å². The van der Waals surface area contributed by atoms with Gasteiger partial charge >= 0.3 is 0 Å². The number of ether oxygens (including phenoxy) is 2. The quantitative estimate of drug-likeness (QED) is 0.712. The molecule has 1 heterocycles. The van der Waals surface area contributed by atoms with Gasteiger partial charge in [0, 0.05) is 11.8 Å². The molecule has 0 unspecified atom stereocenters. The molecule has 2 aromatic rings. The summed E-state index contributed by atoms with van der Waals surface area (Å²) in [5, 5.41) is 3.12. The van der Waals surface area contributed by atoms with Crippen molar-refractivity contribution in [1.82, 2.24) is 4.90 Å². The van der Waals surface area contributed by atoms with E-state index in [0.717, 1.165) is 0 Å². The fourth-order valence-corrected chi connectivity index (χ4v) is 2.99. The topological polar surface area (TPSA) is 67.9 Å². The molecule has 1 aliphatic heterocycles. The molecule has 0 saturated carbocycles. The molecule has 2 amide bonds. The zero-order valence-corrected chi connectivity index (χ0v) is 16.3. The molecule has 6 heteroatoms. The first-order chi connectivity index (χ1) is 13.5. The van der Waals surface area contributed by atoms with E-state index in [1.807, 2.05) is 62.4 Å². The van der Waals surface area contributed by atoms with Crippen LogP contribution in [0.25, 0.3) is 5.57 Å². The van der Waals surface area contributed by atoms with Crippen molar-refractivity contribution < 1.29 is 19.1 Å². The summed E-state index contributed by atoms with van der Waals surface area (Å²) < 4.78 is 10.8. The van der Waals surface area contributed by atoms with E-state index in [0.29, 0.717) is 29.2 Å². The zero-order chi connectivity index (χ0) is 20.1. The van der Waals surface area contributed by atoms with Crippen LogP contribution < -0.4 is 10.1 Å². The largest absolute Gasteiger partial charge is 0.497 e. The lowest BCUT2D eigenvalue weighted by atomic mass is 10.0. The van der Waals surface area contributed by atoms with Crippen LogP contribution >= 0.6 is 0 Å². The van der Waals surface area contributed by atoms with E-state index in [-0.39, 0.29) is 30.2 Å². The number of carbonyl (C=O) groups is 2. The van der Waals surface area contributed by atoms with Crippen LogP contribution in [-0.2, 0) is 14.3 Å². The van der Waals surface area contributed by atoms with Crippen molar-refractivity contribution in [2.24, 2.45) is 0 Å². The van der Waals surface area contributed by atoms with Crippen LogP contribution in [0, 0.1) is 0 Å². The minimum atomic E-state index is -0.362. The number of hydrogen-bond acceptors (Lipinski definition) is 5. The number of amides is 2. The number of benzene rings is 2. The molecule has 0 spiro atoms. The molecule has 28 heavy (non-hydrogen) atoms. The smallest absolute Gasteiger partial charge is 0.278 e. The summed E-state index contributed by atoms with van der Waals surface area (Å²) in [5.41, 5.74) is 1.98. The maximum Gasteiger partial charge on any atom is 0.278 e. The third kappa shape index (κ3) is 4.23. The van der Waals surface area contributed by atoms with Gasteiger partial charge in [-0.3, -0.25) is 14.5 Å². The molecule has 3 rings (SSSR count). The minimum Gasteiger partial charge on any atom is -0.497 e. The van der Waals surface area contributed by atoms with E-state index in [2.05, 4.69) is 5.32 Å². The molecular weight excluding hydrogens is 356 g/mol. The normalized spacial score (nSPS) is 14.2. The van der Waals surface area contributed by atoms with E-state index in [1.165, 1.54) is 4.90 Å². The molecule has 0 fully saturated rings. The van der Waals surface area contributed by atoms with Crippen molar-refractivity contribution in [3.63, 3.8) is 0 Å². The first kappa shape index (κ1) is 19.6. The summed E-state index contributed by atoms with van der Waals surface area (Å²) in [6.07, 6.45) is 0.0312. The van der Waals surface area contributed by atoms with Crippen molar-refractivity contribution in [3.05, 3.63) is 65.9 Å². The van der Waals surface area contributed by atoms with Crippen molar-refractivity contribution in [1.29, 1.82) is 0 Å². The minimum absolute atomic E-state index is 0.0312. The van der Waals surface area contributed by atoms with Gasteiger partial charge in [-0.15, -0.1) is 0 Å². The molecule has 2 aromatic carbocycles. The maximum absolute atomic E-state index is 13.0. The first-order valence-electron chi connectivity index (χ1n) is 9.20. The van der Waals surface area contributed by atoms with Gasteiger partial charge < -0.3 is 14.8 Å². The highest BCUT2D eigenvalue weighted by molar-refractivity contribution is 6.36. The van der Waals surface area contributed by atoms with Gasteiger partial charge in [-0.05, 0) is 31.5 Å². The number of imide groups is 1. The first-order valence-corrected chi connectivity index (χ1v) is 9.20. The summed E-state index contributed by atoms with van der Waals surface area (Å²) in [6.45, 7) is 4.33. The van der Waals surface area contributed by atoms with Gasteiger partial charge in [0.15, 0.2) is 0 Å². The molecule has 0 aliphatic carbocycles. The highest BCUT2D eigenvalue weighted by Gasteiger charge is 2.38. The Hall–Kier alpha value is -3.12.